The molecule has 1 aromatic rings. The Kier molecular flexibility index (Phi) is 4.14. The van der Waals surface area contributed by atoms with Crippen LogP contribution in [0.25, 0.3) is 0 Å². The van der Waals surface area contributed by atoms with Gasteiger partial charge in [0.25, 0.3) is 10.0 Å². The Balaban J connectivity index is 1.84. The molecule has 0 saturated carbocycles. The molecule has 3 rings (SSSR count). The summed E-state index contributed by atoms with van der Waals surface area (Å²) in [7, 11) is -3.63. The summed E-state index contributed by atoms with van der Waals surface area (Å²) in [4.78, 5) is 14.3. The first-order valence-electron chi connectivity index (χ1n) is 7.78. The van der Waals surface area contributed by atoms with Crippen LogP contribution in [0.15, 0.2) is 33.6 Å². The van der Waals surface area contributed by atoms with Crippen molar-refractivity contribution >= 4 is 21.8 Å². The SMILES string of the molecule is CC(C)OC(=O)C1CCCN(C2=NS(=O)(=O)c3ccccc32)C1. The molecule has 2 aliphatic rings. The maximum absolute atomic E-state index is 12.2. The van der Waals surface area contributed by atoms with E-state index in [9.17, 15) is 13.2 Å². The highest BCUT2D eigenvalue weighted by Crippen LogP contribution is 2.30. The van der Waals surface area contributed by atoms with E-state index in [-0.39, 0.29) is 22.9 Å². The van der Waals surface area contributed by atoms with Crippen LogP contribution in [-0.2, 0) is 19.6 Å². The minimum Gasteiger partial charge on any atom is -0.463 e. The van der Waals surface area contributed by atoms with Crippen molar-refractivity contribution < 1.29 is 17.9 Å². The summed E-state index contributed by atoms with van der Waals surface area (Å²) in [6, 6.07) is 6.81. The third-order valence-electron chi connectivity index (χ3n) is 4.02. The van der Waals surface area contributed by atoms with Crippen LogP contribution in [0.2, 0.25) is 0 Å². The van der Waals surface area contributed by atoms with E-state index in [1.54, 1.807) is 24.3 Å². The van der Waals surface area contributed by atoms with Gasteiger partial charge in [-0.15, -0.1) is 4.40 Å². The van der Waals surface area contributed by atoms with E-state index in [0.29, 0.717) is 24.5 Å². The lowest BCUT2D eigenvalue weighted by Gasteiger charge is -2.33. The zero-order valence-electron chi connectivity index (χ0n) is 13.2. The molecule has 1 atom stereocenters. The molecule has 124 valence electrons. The molecular formula is C16H20N2O4S. The first kappa shape index (κ1) is 16.0. The number of nitrogens with zero attached hydrogens (tertiary/aromatic N) is 2. The molecule has 2 aliphatic heterocycles. The Bertz CT molecular complexity index is 755. The number of carbonyl (C=O) groups excluding carboxylic acids is 1. The molecule has 1 unspecified atom stereocenters. The first-order valence-corrected chi connectivity index (χ1v) is 9.22. The van der Waals surface area contributed by atoms with Gasteiger partial charge >= 0.3 is 5.97 Å². The second-order valence-corrected chi connectivity index (χ2v) is 7.73. The molecule has 1 aromatic carbocycles. The van der Waals surface area contributed by atoms with E-state index in [1.807, 2.05) is 18.7 Å². The number of fused-ring (bicyclic) bond motifs is 1. The van der Waals surface area contributed by atoms with Gasteiger partial charge in [-0.05, 0) is 38.8 Å². The summed E-state index contributed by atoms with van der Waals surface area (Å²) in [5, 5.41) is 0. The number of carbonyl (C=O) groups is 1. The lowest BCUT2D eigenvalue weighted by atomic mass is 9.97. The minimum absolute atomic E-state index is 0.150. The summed E-state index contributed by atoms with van der Waals surface area (Å²) < 4.78 is 33.5. The van der Waals surface area contributed by atoms with Gasteiger partial charge in [0.1, 0.15) is 4.90 Å². The molecule has 1 fully saturated rings. The number of likely N-dealkylation sites (tertiary alicyclic amines) is 1. The maximum atomic E-state index is 12.2. The van der Waals surface area contributed by atoms with Gasteiger partial charge < -0.3 is 9.64 Å². The fourth-order valence-corrected chi connectivity index (χ4v) is 4.23. The molecule has 0 amide bonds. The predicted molar refractivity (Wildman–Crippen MR) is 85.7 cm³/mol. The van der Waals surface area contributed by atoms with Crippen molar-refractivity contribution in [2.24, 2.45) is 10.3 Å². The molecule has 23 heavy (non-hydrogen) atoms. The third-order valence-corrected chi connectivity index (χ3v) is 5.34. The van der Waals surface area contributed by atoms with Crippen molar-refractivity contribution in [1.82, 2.24) is 4.90 Å². The van der Waals surface area contributed by atoms with E-state index in [1.165, 1.54) is 0 Å². The Morgan fingerprint density at radius 2 is 2.09 bits per heavy atom. The Hall–Kier alpha value is -1.89. The fraction of sp³-hybridized carbons (Fsp3) is 0.500. The number of esters is 1. The minimum atomic E-state index is -3.63. The van der Waals surface area contributed by atoms with E-state index in [2.05, 4.69) is 4.40 Å². The molecule has 7 heteroatoms. The summed E-state index contributed by atoms with van der Waals surface area (Å²) in [6.07, 6.45) is 1.41. The van der Waals surface area contributed by atoms with Crippen LogP contribution in [0.5, 0.6) is 0 Å². The number of ether oxygens (including phenoxy) is 1. The van der Waals surface area contributed by atoms with Crippen LogP contribution in [0.4, 0.5) is 0 Å². The number of sulfonamides is 1. The van der Waals surface area contributed by atoms with Crippen molar-refractivity contribution in [2.75, 3.05) is 13.1 Å². The highest BCUT2D eigenvalue weighted by molar-refractivity contribution is 7.90. The van der Waals surface area contributed by atoms with Crippen LogP contribution in [0.1, 0.15) is 32.3 Å². The van der Waals surface area contributed by atoms with Crippen molar-refractivity contribution in [2.45, 2.75) is 37.7 Å². The van der Waals surface area contributed by atoms with Gasteiger partial charge in [-0.25, -0.2) is 0 Å². The second kappa shape index (κ2) is 5.96. The third kappa shape index (κ3) is 3.10. The first-order chi connectivity index (χ1) is 10.9. The fourth-order valence-electron chi connectivity index (χ4n) is 3.01. The quantitative estimate of drug-likeness (QED) is 0.770. The monoisotopic (exact) mass is 336 g/mol. The smallest absolute Gasteiger partial charge is 0.310 e. The Morgan fingerprint density at radius 3 is 2.83 bits per heavy atom. The van der Waals surface area contributed by atoms with Crippen LogP contribution >= 0.6 is 0 Å². The van der Waals surface area contributed by atoms with Gasteiger partial charge in [0.15, 0.2) is 5.84 Å². The topological polar surface area (TPSA) is 76.0 Å². The normalized spacial score (nSPS) is 22.7. The summed E-state index contributed by atoms with van der Waals surface area (Å²) in [5.74, 6) is -0.0218. The molecule has 0 bridgehead atoms. The second-order valence-electron chi connectivity index (χ2n) is 6.16. The zero-order valence-corrected chi connectivity index (χ0v) is 14.0. The van der Waals surface area contributed by atoms with E-state index >= 15 is 0 Å². The van der Waals surface area contributed by atoms with Crippen molar-refractivity contribution in [3.63, 3.8) is 0 Å². The zero-order chi connectivity index (χ0) is 16.6. The highest BCUT2D eigenvalue weighted by Gasteiger charge is 2.35. The average molecular weight is 336 g/mol. The number of piperidine rings is 1. The van der Waals surface area contributed by atoms with Crippen LogP contribution < -0.4 is 0 Å². The van der Waals surface area contributed by atoms with Crippen LogP contribution in [0, 0.1) is 5.92 Å². The lowest BCUT2D eigenvalue weighted by molar-refractivity contribution is -0.153. The van der Waals surface area contributed by atoms with Crippen molar-refractivity contribution in [1.29, 1.82) is 0 Å². The molecular weight excluding hydrogens is 316 g/mol. The largest absolute Gasteiger partial charge is 0.463 e. The van der Waals surface area contributed by atoms with Crippen molar-refractivity contribution in [3.8, 4) is 0 Å². The lowest BCUT2D eigenvalue weighted by Crippen LogP contribution is -2.43. The Labute approximate surface area is 136 Å². The molecule has 0 radical (unpaired) electrons. The number of rotatable bonds is 2. The van der Waals surface area contributed by atoms with Crippen molar-refractivity contribution in [3.05, 3.63) is 29.8 Å². The molecule has 0 aliphatic carbocycles. The van der Waals surface area contributed by atoms with Gasteiger partial charge in [-0.3, -0.25) is 4.79 Å². The van der Waals surface area contributed by atoms with Gasteiger partial charge in [0.2, 0.25) is 0 Å². The number of hydrogen-bond acceptors (Lipinski definition) is 5. The van der Waals surface area contributed by atoms with E-state index < -0.39 is 10.0 Å². The van der Waals surface area contributed by atoms with Crippen LogP contribution in [0.3, 0.4) is 0 Å². The molecule has 0 aromatic heterocycles. The average Bonchev–Trinajstić information content (AvgIpc) is 2.79. The summed E-state index contributed by atoms with van der Waals surface area (Å²) in [6.45, 7) is 4.77. The summed E-state index contributed by atoms with van der Waals surface area (Å²) in [5.41, 5.74) is 0.616. The van der Waals surface area contributed by atoms with Gasteiger partial charge in [-0.2, -0.15) is 8.42 Å². The molecule has 6 nitrogen and oxygen atoms in total. The molecule has 1 saturated heterocycles. The maximum Gasteiger partial charge on any atom is 0.310 e. The Morgan fingerprint density at radius 1 is 1.35 bits per heavy atom. The van der Waals surface area contributed by atoms with Gasteiger partial charge in [-0.1, -0.05) is 12.1 Å². The van der Waals surface area contributed by atoms with E-state index in [4.69, 9.17) is 4.74 Å². The number of hydrogen-bond donors (Lipinski definition) is 0. The number of amidine groups is 1. The standard InChI is InChI=1S/C16H20N2O4S/c1-11(2)22-16(19)12-6-5-9-18(10-12)15-13-7-3-4-8-14(13)23(20,21)17-15/h3-4,7-8,11-12H,5-6,9-10H2,1-2H3. The predicted octanol–water partition coefficient (Wildman–Crippen LogP) is 1.80. The number of benzene rings is 1. The van der Waals surface area contributed by atoms with E-state index in [0.717, 1.165) is 12.8 Å². The van der Waals surface area contributed by atoms with Gasteiger partial charge in [0, 0.05) is 18.7 Å². The molecule has 2 heterocycles. The highest BCUT2D eigenvalue weighted by atomic mass is 32.2. The van der Waals surface area contributed by atoms with Crippen LogP contribution in [-0.4, -0.2) is 44.3 Å². The van der Waals surface area contributed by atoms with Gasteiger partial charge in [0.05, 0.1) is 12.0 Å². The summed E-state index contributed by atoms with van der Waals surface area (Å²) >= 11 is 0. The molecule has 0 N–H and O–H groups in total. The molecule has 0 spiro atoms.